The number of nitrogens with zero attached hydrogens (tertiary/aromatic N) is 1. The molecule has 2 rings (SSSR count). The van der Waals surface area contributed by atoms with E-state index in [2.05, 4.69) is 4.98 Å². The molecule has 0 aliphatic carbocycles. The molecule has 11 heteroatoms. The number of carboxylic acid groups (broad SMARTS) is 3. The van der Waals surface area contributed by atoms with E-state index in [9.17, 15) is 26.7 Å². The molecule has 0 amide bonds. The standard InChI is InChI=1S/C12H4F5NO2.CH2O3/c13-5-3-6(14)10(17)8(9(5)16)11-4(12(19)20)1-2-7(15)18-11;2-1(3)4/h1-3H,(H,19,20);(H2,2,3,4)/i15-1;. The lowest BCUT2D eigenvalue weighted by molar-refractivity contribution is 0.0697. The Morgan fingerprint density at radius 2 is 1.33 bits per heavy atom. The second-order valence-electron chi connectivity index (χ2n) is 3.96. The first-order valence-electron chi connectivity index (χ1n) is 5.71. The molecule has 0 fully saturated rings. The van der Waals surface area contributed by atoms with Gasteiger partial charge in [0.25, 0.3) is 0 Å². The van der Waals surface area contributed by atoms with Crippen molar-refractivity contribution in [2.24, 2.45) is 0 Å². The monoisotopic (exact) mass is 350 g/mol. The van der Waals surface area contributed by atoms with Crippen LogP contribution in [0.4, 0.5) is 26.7 Å². The van der Waals surface area contributed by atoms with Gasteiger partial charge in [0.05, 0.1) is 16.8 Å². The highest BCUT2D eigenvalue weighted by molar-refractivity contribution is 5.94. The minimum absolute atomic E-state index is 0.0477. The highest BCUT2D eigenvalue weighted by Gasteiger charge is 2.26. The first kappa shape index (κ1) is 18.8. The predicted octanol–water partition coefficient (Wildman–Crippen LogP) is 3.36. The summed E-state index contributed by atoms with van der Waals surface area (Å²) >= 11 is 0. The summed E-state index contributed by atoms with van der Waals surface area (Å²) in [6, 6.07) is 1.27. The average molecular weight is 350 g/mol. The summed E-state index contributed by atoms with van der Waals surface area (Å²) < 4.78 is 66.3. The van der Waals surface area contributed by atoms with E-state index in [0.717, 1.165) is 0 Å². The Morgan fingerprint density at radius 3 is 1.75 bits per heavy atom. The molecular formula is C13H6F5NO5. The molecule has 0 aliphatic rings. The fourth-order valence-corrected chi connectivity index (χ4v) is 1.58. The predicted molar refractivity (Wildman–Crippen MR) is 67.1 cm³/mol. The van der Waals surface area contributed by atoms with E-state index < -0.39 is 58.2 Å². The van der Waals surface area contributed by atoms with Crippen molar-refractivity contribution in [3.05, 3.63) is 53.0 Å². The number of benzene rings is 1. The van der Waals surface area contributed by atoms with Crippen molar-refractivity contribution < 1.29 is 46.9 Å². The van der Waals surface area contributed by atoms with E-state index in [-0.39, 0.29) is 6.07 Å². The molecular weight excluding hydrogens is 344 g/mol. The van der Waals surface area contributed by atoms with Gasteiger partial charge in [-0.1, -0.05) is 0 Å². The topological polar surface area (TPSA) is 108 Å². The molecule has 1 aromatic carbocycles. The number of carbonyl (C=O) groups is 2. The Morgan fingerprint density at radius 1 is 0.875 bits per heavy atom. The minimum Gasteiger partial charge on any atom is -0.478 e. The fraction of sp³-hybridized carbons (Fsp3) is 0. The Labute approximate surface area is 129 Å². The van der Waals surface area contributed by atoms with Gasteiger partial charge in [-0.25, -0.2) is 32.1 Å². The van der Waals surface area contributed by atoms with Crippen LogP contribution in [0.25, 0.3) is 11.3 Å². The van der Waals surface area contributed by atoms with Crippen molar-refractivity contribution in [1.82, 2.24) is 4.98 Å². The summed E-state index contributed by atoms with van der Waals surface area (Å²) in [7, 11) is 0. The Balaban J connectivity index is 0.000000648. The van der Waals surface area contributed by atoms with Gasteiger partial charge in [0.1, 0.15) is 0 Å². The molecule has 0 spiro atoms. The third kappa shape index (κ3) is 4.15. The summed E-state index contributed by atoms with van der Waals surface area (Å²) in [6.45, 7) is 0. The first-order chi connectivity index (χ1) is 11.1. The number of pyridine rings is 1. The number of rotatable bonds is 2. The normalized spacial score (nSPS) is 9.88. The largest absolute Gasteiger partial charge is 0.503 e. The van der Waals surface area contributed by atoms with E-state index in [4.69, 9.17) is 20.1 Å². The van der Waals surface area contributed by atoms with Crippen molar-refractivity contribution in [2.45, 2.75) is 0 Å². The van der Waals surface area contributed by atoms with Crippen LogP contribution in [0.2, 0.25) is 0 Å². The van der Waals surface area contributed by atoms with Crippen molar-refractivity contribution >= 4 is 12.1 Å². The van der Waals surface area contributed by atoms with Gasteiger partial charge in [-0.3, -0.25) is 0 Å². The molecule has 0 bridgehead atoms. The smallest absolute Gasteiger partial charge is 0.478 e. The van der Waals surface area contributed by atoms with Gasteiger partial charge in [0.2, 0.25) is 5.95 Å². The van der Waals surface area contributed by atoms with Crippen LogP contribution in [0.15, 0.2) is 18.2 Å². The van der Waals surface area contributed by atoms with E-state index in [1.54, 1.807) is 0 Å². The molecule has 0 atom stereocenters. The number of carboxylic acids is 1. The lowest BCUT2D eigenvalue weighted by atomic mass is 10.0. The van der Waals surface area contributed by atoms with Gasteiger partial charge >= 0.3 is 12.1 Å². The Bertz CT molecular complexity index is 782. The van der Waals surface area contributed by atoms with Gasteiger partial charge < -0.3 is 15.3 Å². The van der Waals surface area contributed by atoms with Crippen molar-refractivity contribution in [3.63, 3.8) is 0 Å². The summed E-state index contributed by atoms with van der Waals surface area (Å²) in [4.78, 5) is 22.5. The van der Waals surface area contributed by atoms with Gasteiger partial charge in [-0.05, 0) is 12.1 Å². The SMILES string of the molecule is O=C(O)O.O=C(O)c1ccc([18F])nc1-c1c(F)c(F)cc(F)c1F. The number of hydrogen-bond acceptors (Lipinski definition) is 3. The average Bonchev–Trinajstić information content (AvgIpc) is 2.44. The van der Waals surface area contributed by atoms with Crippen molar-refractivity contribution in [2.75, 3.05) is 0 Å². The van der Waals surface area contributed by atoms with Crippen molar-refractivity contribution in [3.8, 4) is 11.3 Å². The first-order valence-corrected chi connectivity index (χ1v) is 5.71. The molecule has 0 saturated carbocycles. The number of aromatic carboxylic acids is 1. The lowest BCUT2D eigenvalue weighted by Gasteiger charge is -2.09. The van der Waals surface area contributed by atoms with Crippen LogP contribution < -0.4 is 0 Å². The molecule has 0 unspecified atom stereocenters. The van der Waals surface area contributed by atoms with Crippen LogP contribution in [-0.4, -0.2) is 32.4 Å². The van der Waals surface area contributed by atoms with Gasteiger partial charge in [-0.2, -0.15) is 4.39 Å². The van der Waals surface area contributed by atoms with Crippen LogP contribution in [0.3, 0.4) is 0 Å². The molecule has 0 saturated heterocycles. The zero-order chi connectivity index (χ0) is 18.6. The second-order valence-corrected chi connectivity index (χ2v) is 3.96. The Hall–Kier alpha value is -3.24. The van der Waals surface area contributed by atoms with Gasteiger partial charge in [0, 0.05) is 6.07 Å². The molecule has 6 nitrogen and oxygen atoms in total. The van der Waals surface area contributed by atoms with E-state index >= 15 is 0 Å². The zero-order valence-electron chi connectivity index (χ0n) is 11.2. The van der Waals surface area contributed by atoms with Crippen LogP contribution >= 0.6 is 0 Å². The number of halogens is 5. The van der Waals surface area contributed by atoms with Gasteiger partial charge in [-0.15, -0.1) is 0 Å². The quantitative estimate of drug-likeness (QED) is 0.435. The second kappa shape index (κ2) is 7.35. The lowest BCUT2D eigenvalue weighted by Crippen LogP contribution is -2.07. The molecule has 1 heterocycles. The fourth-order valence-electron chi connectivity index (χ4n) is 1.58. The number of aromatic nitrogens is 1. The Kier molecular flexibility index (Phi) is 5.76. The minimum atomic E-state index is -1.86. The summed E-state index contributed by atoms with van der Waals surface area (Å²) in [6.07, 6.45) is -1.83. The van der Waals surface area contributed by atoms with Crippen molar-refractivity contribution in [1.29, 1.82) is 0 Å². The maximum absolute atomic E-state index is 13.6. The highest BCUT2D eigenvalue weighted by atomic mass is 19.2. The van der Waals surface area contributed by atoms with Crippen LogP contribution in [-0.2, 0) is 0 Å². The summed E-state index contributed by atoms with van der Waals surface area (Å²) in [5.41, 5.74) is -3.21. The molecule has 0 aliphatic heterocycles. The van der Waals surface area contributed by atoms with E-state index in [1.807, 2.05) is 0 Å². The summed E-state index contributed by atoms with van der Waals surface area (Å²) in [5.74, 6) is -10.2. The molecule has 1 aromatic heterocycles. The third-order valence-electron chi connectivity index (χ3n) is 2.44. The number of hydrogen-bond donors (Lipinski definition) is 3. The molecule has 24 heavy (non-hydrogen) atoms. The third-order valence-corrected chi connectivity index (χ3v) is 2.44. The van der Waals surface area contributed by atoms with E-state index in [1.165, 1.54) is 0 Å². The van der Waals surface area contributed by atoms with Gasteiger partial charge in [0.15, 0.2) is 23.3 Å². The maximum Gasteiger partial charge on any atom is 0.503 e. The van der Waals surface area contributed by atoms with Crippen LogP contribution in [0, 0.1) is 29.2 Å². The molecule has 0 radical (unpaired) electrons. The maximum atomic E-state index is 13.6. The van der Waals surface area contributed by atoms with E-state index in [0.29, 0.717) is 12.1 Å². The molecule has 2 aromatic rings. The molecule has 3 N–H and O–H groups in total. The van der Waals surface area contributed by atoms with Crippen LogP contribution in [0.1, 0.15) is 10.4 Å². The summed E-state index contributed by atoms with van der Waals surface area (Å²) in [5, 5.41) is 22.8. The highest BCUT2D eigenvalue weighted by Crippen LogP contribution is 2.30. The molecule has 128 valence electrons. The van der Waals surface area contributed by atoms with Crippen LogP contribution in [0.5, 0.6) is 0 Å². The zero-order valence-corrected chi connectivity index (χ0v) is 11.2.